The smallest absolute Gasteiger partial charge is 0.254 e. The number of hydrogen-bond acceptors (Lipinski definition) is 2. The molecule has 0 radical (unpaired) electrons. The van der Waals surface area contributed by atoms with Gasteiger partial charge in [0.05, 0.1) is 0 Å². The van der Waals surface area contributed by atoms with E-state index in [1.54, 1.807) is 18.2 Å². The largest absolute Gasteiger partial charge is 0.334 e. The maximum absolute atomic E-state index is 12.6. The number of nitrogens with two attached hydrogens (primary N) is 1. The minimum absolute atomic E-state index is 0. The number of rotatable bonds is 2. The molecule has 1 aromatic carbocycles. The predicted octanol–water partition coefficient (Wildman–Crippen LogP) is 3.76. The Labute approximate surface area is 135 Å². The van der Waals surface area contributed by atoms with Gasteiger partial charge >= 0.3 is 0 Å². The van der Waals surface area contributed by atoms with Gasteiger partial charge in [0.2, 0.25) is 0 Å². The molecule has 20 heavy (non-hydrogen) atoms. The van der Waals surface area contributed by atoms with Gasteiger partial charge in [-0.15, -0.1) is 12.4 Å². The molecule has 1 aliphatic rings. The molecule has 1 fully saturated rings. The van der Waals surface area contributed by atoms with E-state index in [4.69, 9.17) is 28.9 Å². The van der Waals surface area contributed by atoms with E-state index in [1.807, 2.05) is 11.8 Å². The summed E-state index contributed by atoms with van der Waals surface area (Å²) in [5.41, 5.74) is 6.52. The van der Waals surface area contributed by atoms with Crippen LogP contribution in [0.25, 0.3) is 0 Å². The van der Waals surface area contributed by atoms with Crippen LogP contribution in [0.2, 0.25) is 10.0 Å². The van der Waals surface area contributed by atoms with Crippen molar-refractivity contribution in [3.63, 3.8) is 0 Å². The van der Waals surface area contributed by atoms with E-state index in [0.29, 0.717) is 15.6 Å². The summed E-state index contributed by atoms with van der Waals surface area (Å²) in [7, 11) is 0. The van der Waals surface area contributed by atoms with Crippen LogP contribution in [-0.4, -0.2) is 29.4 Å². The summed E-state index contributed by atoms with van der Waals surface area (Å²) < 4.78 is 0. The van der Waals surface area contributed by atoms with Crippen LogP contribution < -0.4 is 5.73 Å². The second-order valence-electron chi connectivity index (χ2n) is 5.08. The Hall–Kier alpha value is -0.480. The van der Waals surface area contributed by atoms with E-state index in [9.17, 15) is 4.79 Å². The van der Waals surface area contributed by atoms with E-state index in [2.05, 4.69) is 0 Å². The first-order valence-corrected chi connectivity index (χ1v) is 7.27. The van der Waals surface area contributed by atoms with Crippen molar-refractivity contribution >= 4 is 41.5 Å². The van der Waals surface area contributed by atoms with Gasteiger partial charge in [-0.1, -0.05) is 23.2 Å². The fourth-order valence-electron chi connectivity index (χ4n) is 2.60. The second-order valence-corrected chi connectivity index (χ2v) is 5.95. The zero-order valence-corrected chi connectivity index (χ0v) is 13.6. The van der Waals surface area contributed by atoms with Crippen molar-refractivity contribution < 1.29 is 4.79 Å². The maximum Gasteiger partial charge on any atom is 0.254 e. The number of amides is 1. The number of likely N-dealkylation sites (tertiary alicyclic amines) is 1. The van der Waals surface area contributed by atoms with Gasteiger partial charge in [-0.05, 0) is 44.4 Å². The van der Waals surface area contributed by atoms with E-state index >= 15 is 0 Å². The summed E-state index contributed by atoms with van der Waals surface area (Å²) in [5, 5.41) is 0.954. The van der Waals surface area contributed by atoms with E-state index in [0.717, 1.165) is 25.8 Å². The predicted molar refractivity (Wildman–Crippen MR) is 86.0 cm³/mol. The summed E-state index contributed by atoms with van der Waals surface area (Å²) in [6, 6.07) is 5.00. The van der Waals surface area contributed by atoms with Gasteiger partial charge in [0, 0.05) is 34.2 Å². The quantitative estimate of drug-likeness (QED) is 0.893. The van der Waals surface area contributed by atoms with Crippen molar-refractivity contribution in [3.05, 3.63) is 33.8 Å². The molecule has 2 atom stereocenters. The van der Waals surface area contributed by atoms with Crippen LogP contribution in [0.1, 0.15) is 36.5 Å². The van der Waals surface area contributed by atoms with E-state index in [1.165, 1.54) is 0 Å². The molecule has 0 aromatic heterocycles. The molecular formula is C14H19Cl3N2O. The first kappa shape index (κ1) is 17.6. The molecule has 0 saturated carbocycles. The summed E-state index contributed by atoms with van der Waals surface area (Å²) in [6.07, 6.45) is 3.09. The molecular weight excluding hydrogens is 319 g/mol. The van der Waals surface area contributed by atoms with Gasteiger partial charge in [0.1, 0.15) is 0 Å². The maximum atomic E-state index is 12.6. The highest BCUT2D eigenvalue weighted by Gasteiger charge is 2.29. The monoisotopic (exact) mass is 336 g/mol. The third-order valence-corrected chi connectivity index (χ3v) is 3.96. The normalized spacial score (nSPS) is 20.2. The lowest BCUT2D eigenvalue weighted by Gasteiger charge is -2.38. The highest BCUT2D eigenvalue weighted by atomic mass is 35.5. The zero-order chi connectivity index (χ0) is 14.0. The average molecular weight is 338 g/mol. The summed E-state index contributed by atoms with van der Waals surface area (Å²) in [5.74, 6) is -0.0357. The standard InChI is InChI=1S/C14H18Cl2N2O.ClH/c1-9(17)13-4-2-3-5-18(13)14(19)10-6-11(15)8-12(16)7-10;/h6-9,13H,2-5,17H2,1H3;1H. The summed E-state index contributed by atoms with van der Waals surface area (Å²) in [4.78, 5) is 14.4. The number of benzene rings is 1. The topological polar surface area (TPSA) is 46.3 Å². The number of carbonyl (C=O) groups excluding carboxylic acids is 1. The van der Waals surface area contributed by atoms with E-state index < -0.39 is 0 Å². The molecule has 1 amide bonds. The van der Waals surface area contributed by atoms with Crippen molar-refractivity contribution in [3.8, 4) is 0 Å². The second kappa shape index (κ2) is 7.51. The minimum Gasteiger partial charge on any atom is -0.334 e. The molecule has 0 aliphatic carbocycles. The molecule has 2 rings (SSSR count). The Balaban J connectivity index is 0.00000200. The lowest BCUT2D eigenvalue weighted by molar-refractivity contribution is 0.0584. The van der Waals surface area contributed by atoms with Crippen molar-refractivity contribution in [2.24, 2.45) is 5.73 Å². The number of nitrogens with zero attached hydrogens (tertiary/aromatic N) is 1. The average Bonchev–Trinajstić information content (AvgIpc) is 2.36. The Morgan fingerprint density at radius 1 is 1.30 bits per heavy atom. The minimum atomic E-state index is -0.0357. The van der Waals surface area contributed by atoms with Crippen molar-refractivity contribution in [2.45, 2.75) is 38.3 Å². The lowest BCUT2D eigenvalue weighted by Crippen LogP contribution is -2.51. The molecule has 6 heteroatoms. The van der Waals surface area contributed by atoms with Crippen LogP contribution >= 0.6 is 35.6 Å². The fourth-order valence-corrected chi connectivity index (χ4v) is 3.13. The molecule has 0 spiro atoms. The van der Waals surface area contributed by atoms with Gasteiger partial charge in [0.15, 0.2) is 0 Å². The molecule has 1 heterocycles. The van der Waals surface area contributed by atoms with Crippen LogP contribution in [-0.2, 0) is 0 Å². The van der Waals surface area contributed by atoms with Gasteiger partial charge in [0.25, 0.3) is 5.91 Å². The van der Waals surface area contributed by atoms with Gasteiger partial charge < -0.3 is 10.6 Å². The molecule has 1 aliphatic heterocycles. The van der Waals surface area contributed by atoms with Crippen LogP contribution in [0, 0.1) is 0 Å². The number of carbonyl (C=O) groups is 1. The highest BCUT2D eigenvalue weighted by molar-refractivity contribution is 6.35. The van der Waals surface area contributed by atoms with Crippen molar-refractivity contribution in [2.75, 3.05) is 6.54 Å². The molecule has 2 unspecified atom stereocenters. The molecule has 3 nitrogen and oxygen atoms in total. The highest BCUT2D eigenvalue weighted by Crippen LogP contribution is 2.24. The first-order valence-electron chi connectivity index (χ1n) is 6.51. The Bertz CT molecular complexity index is 459. The van der Waals surface area contributed by atoms with Crippen LogP contribution in [0.5, 0.6) is 0 Å². The van der Waals surface area contributed by atoms with Crippen LogP contribution in [0.15, 0.2) is 18.2 Å². The third kappa shape index (κ3) is 4.01. The SMILES string of the molecule is CC(N)C1CCCCN1C(=O)c1cc(Cl)cc(Cl)c1.Cl. The summed E-state index contributed by atoms with van der Waals surface area (Å²) in [6.45, 7) is 2.69. The van der Waals surface area contributed by atoms with Crippen molar-refractivity contribution in [1.82, 2.24) is 4.90 Å². The van der Waals surface area contributed by atoms with Gasteiger partial charge in [-0.3, -0.25) is 4.79 Å². The van der Waals surface area contributed by atoms with E-state index in [-0.39, 0.29) is 30.4 Å². The Morgan fingerprint density at radius 2 is 1.90 bits per heavy atom. The number of halogens is 3. The lowest BCUT2D eigenvalue weighted by atomic mass is 9.96. The molecule has 2 N–H and O–H groups in total. The molecule has 1 saturated heterocycles. The number of hydrogen-bond donors (Lipinski definition) is 1. The zero-order valence-electron chi connectivity index (χ0n) is 11.3. The van der Waals surface area contributed by atoms with Gasteiger partial charge in [-0.25, -0.2) is 0 Å². The number of piperidine rings is 1. The summed E-state index contributed by atoms with van der Waals surface area (Å²) >= 11 is 11.9. The van der Waals surface area contributed by atoms with Crippen LogP contribution in [0.4, 0.5) is 0 Å². The van der Waals surface area contributed by atoms with Gasteiger partial charge in [-0.2, -0.15) is 0 Å². The first-order chi connectivity index (χ1) is 8.99. The molecule has 1 aromatic rings. The fraction of sp³-hybridized carbons (Fsp3) is 0.500. The Kier molecular flexibility index (Phi) is 6.59. The van der Waals surface area contributed by atoms with Crippen LogP contribution in [0.3, 0.4) is 0 Å². The third-order valence-electron chi connectivity index (χ3n) is 3.53. The van der Waals surface area contributed by atoms with Crippen molar-refractivity contribution in [1.29, 1.82) is 0 Å². The molecule has 112 valence electrons. The molecule has 0 bridgehead atoms. The Morgan fingerprint density at radius 3 is 2.45 bits per heavy atom.